The summed E-state index contributed by atoms with van der Waals surface area (Å²) in [5.41, 5.74) is 0.274. The Balaban J connectivity index is 1.67. The summed E-state index contributed by atoms with van der Waals surface area (Å²) in [5, 5.41) is 3.28. The Labute approximate surface area is 176 Å². The molecule has 2 aromatic rings. The Morgan fingerprint density at radius 3 is 2.64 bits per heavy atom. The molecule has 5 rings (SSSR count). The maximum absolute atomic E-state index is 15.3. The molecule has 150 valence electrons. The van der Waals surface area contributed by atoms with Crippen LogP contribution in [0.5, 0.6) is 0 Å². The second-order valence-electron chi connectivity index (χ2n) is 7.54. The number of nitrogens with zero attached hydrogens (tertiary/aromatic N) is 2. The molecule has 2 aromatic heterocycles. The number of anilines is 1. The van der Waals surface area contributed by atoms with E-state index in [2.05, 4.69) is 31.2 Å². The number of fused-ring (bicyclic) bond motifs is 3. The van der Waals surface area contributed by atoms with Crippen LogP contribution in [0.25, 0.3) is 10.6 Å². The molecule has 0 aromatic carbocycles. The zero-order valence-corrected chi connectivity index (χ0v) is 18.3. The van der Waals surface area contributed by atoms with Crippen LogP contribution in [0.3, 0.4) is 0 Å². The van der Waals surface area contributed by atoms with Gasteiger partial charge in [0.1, 0.15) is 5.69 Å². The van der Waals surface area contributed by atoms with Gasteiger partial charge in [0.15, 0.2) is 16.4 Å². The number of hydrogen-bond acceptors (Lipinski definition) is 6. The normalized spacial score (nSPS) is 26.3. The Hall–Kier alpha value is -1.54. The standard InChI is InChI=1S/C20H23BrFN3O2S/c1-3-27-19(26)14-11-5-7-12(8-6-11)16(14)23-18-15(22)17(24-20(21)25-18)13-9-4-10(2)28-13/h4,9,11-12,14,16H,3,5-8H2,1-2H3,(H,23,24,25)/t11?,12?,14-,16-/m0/s1. The van der Waals surface area contributed by atoms with Crippen LogP contribution < -0.4 is 5.32 Å². The van der Waals surface area contributed by atoms with Gasteiger partial charge in [-0.3, -0.25) is 4.79 Å². The van der Waals surface area contributed by atoms with Crippen LogP contribution in [0.15, 0.2) is 16.9 Å². The predicted octanol–water partition coefficient (Wildman–Crippen LogP) is 5.19. The average molecular weight is 468 g/mol. The summed E-state index contributed by atoms with van der Waals surface area (Å²) >= 11 is 4.80. The van der Waals surface area contributed by atoms with Crippen molar-refractivity contribution < 1.29 is 13.9 Å². The molecule has 0 unspecified atom stereocenters. The summed E-state index contributed by atoms with van der Waals surface area (Å²) in [4.78, 5) is 23.0. The second kappa shape index (κ2) is 8.06. The molecule has 3 saturated carbocycles. The SMILES string of the molecule is CCOC(=O)[C@H]1C2CCC(CC2)[C@@H]1Nc1nc(Br)nc(-c2ccc(C)s2)c1F. The average Bonchev–Trinajstić information content (AvgIpc) is 3.11. The first kappa shape index (κ1) is 19.8. The monoisotopic (exact) mass is 467 g/mol. The molecule has 0 spiro atoms. The van der Waals surface area contributed by atoms with E-state index in [1.807, 2.05) is 26.0 Å². The minimum atomic E-state index is -0.478. The van der Waals surface area contributed by atoms with Gasteiger partial charge in [0, 0.05) is 10.9 Å². The summed E-state index contributed by atoms with van der Waals surface area (Å²) in [6, 6.07) is 3.64. The fourth-order valence-corrected chi connectivity index (χ4v) is 5.84. The van der Waals surface area contributed by atoms with Crippen LogP contribution in [0.2, 0.25) is 0 Å². The third kappa shape index (κ3) is 3.68. The molecule has 2 atom stereocenters. The molecule has 8 heteroatoms. The first-order valence-corrected chi connectivity index (χ1v) is 11.3. The molecule has 0 radical (unpaired) electrons. The highest BCUT2D eigenvalue weighted by Gasteiger charge is 2.48. The van der Waals surface area contributed by atoms with Gasteiger partial charge < -0.3 is 10.1 Å². The number of nitrogens with one attached hydrogen (secondary N) is 1. The van der Waals surface area contributed by atoms with Crippen molar-refractivity contribution in [2.24, 2.45) is 17.8 Å². The lowest BCUT2D eigenvalue weighted by Crippen LogP contribution is -2.52. The number of carbonyl (C=O) groups is 1. The maximum Gasteiger partial charge on any atom is 0.311 e. The van der Waals surface area contributed by atoms with Gasteiger partial charge in [-0.25, -0.2) is 14.4 Å². The fourth-order valence-electron chi connectivity index (χ4n) is 4.63. The first-order valence-electron chi connectivity index (χ1n) is 9.71. The molecular formula is C20H23BrFN3O2S. The van der Waals surface area contributed by atoms with E-state index in [1.54, 1.807) is 0 Å². The first-order chi connectivity index (χ1) is 13.5. The zero-order chi connectivity index (χ0) is 19.8. The molecule has 1 N–H and O–H groups in total. The van der Waals surface area contributed by atoms with Gasteiger partial charge in [0.05, 0.1) is 17.4 Å². The van der Waals surface area contributed by atoms with Crippen molar-refractivity contribution in [3.63, 3.8) is 0 Å². The van der Waals surface area contributed by atoms with E-state index in [0.717, 1.165) is 35.4 Å². The van der Waals surface area contributed by atoms with Crippen molar-refractivity contribution in [1.29, 1.82) is 0 Å². The van der Waals surface area contributed by atoms with Gasteiger partial charge in [-0.1, -0.05) is 0 Å². The minimum Gasteiger partial charge on any atom is -0.466 e. The fraction of sp³-hybridized carbons (Fsp3) is 0.550. The van der Waals surface area contributed by atoms with E-state index in [-0.39, 0.29) is 35.4 Å². The van der Waals surface area contributed by atoms with E-state index < -0.39 is 5.82 Å². The van der Waals surface area contributed by atoms with Crippen LogP contribution in [-0.4, -0.2) is 28.6 Å². The number of esters is 1. The minimum absolute atomic E-state index is 0.148. The topological polar surface area (TPSA) is 64.1 Å². The highest BCUT2D eigenvalue weighted by molar-refractivity contribution is 9.10. The molecule has 3 fully saturated rings. The van der Waals surface area contributed by atoms with Gasteiger partial charge in [0.25, 0.3) is 0 Å². The highest BCUT2D eigenvalue weighted by Crippen LogP contribution is 2.47. The maximum atomic E-state index is 15.3. The van der Waals surface area contributed by atoms with Crippen molar-refractivity contribution >= 4 is 39.1 Å². The number of halogens is 2. The van der Waals surface area contributed by atoms with Crippen molar-refractivity contribution in [2.75, 3.05) is 11.9 Å². The predicted molar refractivity (Wildman–Crippen MR) is 111 cm³/mol. The zero-order valence-electron chi connectivity index (χ0n) is 15.9. The molecule has 0 amide bonds. The van der Waals surface area contributed by atoms with Crippen molar-refractivity contribution in [2.45, 2.75) is 45.6 Å². The number of rotatable bonds is 5. The van der Waals surface area contributed by atoms with Gasteiger partial charge >= 0.3 is 5.97 Å². The molecule has 5 nitrogen and oxygen atoms in total. The Bertz CT molecular complexity index is 882. The molecule has 28 heavy (non-hydrogen) atoms. The molecule has 2 bridgehead atoms. The largest absolute Gasteiger partial charge is 0.466 e. The molecule has 0 aliphatic heterocycles. The lowest BCUT2D eigenvalue weighted by molar-refractivity contribution is -0.154. The molecule has 0 saturated heterocycles. The smallest absolute Gasteiger partial charge is 0.311 e. The summed E-state index contributed by atoms with van der Waals surface area (Å²) < 4.78 is 21.0. The third-order valence-electron chi connectivity index (χ3n) is 5.88. The van der Waals surface area contributed by atoms with Crippen LogP contribution in [0.4, 0.5) is 10.2 Å². The summed E-state index contributed by atoms with van der Waals surface area (Å²) in [6.07, 6.45) is 4.15. The lowest BCUT2D eigenvalue weighted by atomic mass is 9.61. The number of hydrogen-bond donors (Lipinski definition) is 1. The Morgan fingerprint density at radius 2 is 2.00 bits per heavy atom. The van der Waals surface area contributed by atoms with Crippen molar-refractivity contribution in [3.8, 4) is 10.6 Å². The summed E-state index contributed by atoms with van der Waals surface area (Å²) in [5.74, 6) is -0.164. The van der Waals surface area contributed by atoms with Crippen LogP contribution in [0, 0.1) is 30.5 Å². The molecule has 3 aliphatic rings. The van der Waals surface area contributed by atoms with Gasteiger partial charge in [-0.15, -0.1) is 11.3 Å². The molecule has 2 heterocycles. The van der Waals surface area contributed by atoms with Gasteiger partial charge in [-0.2, -0.15) is 0 Å². The Morgan fingerprint density at radius 1 is 1.29 bits per heavy atom. The van der Waals surface area contributed by atoms with E-state index in [4.69, 9.17) is 4.74 Å². The van der Waals surface area contributed by atoms with Crippen molar-refractivity contribution in [1.82, 2.24) is 9.97 Å². The number of ether oxygens (including phenoxy) is 1. The number of aromatic nitrogens is 2. The highest BCUT2D eigenvalue weighted by atomic mass is 79.9. The van der Waals surface area contributed by atoms with Gasteiger partial charge in [0.2, 0.25) is 0 Å². The van der Waals surface area contributed by atoms with E-state index >= 15 is 4.39 Å². The van der Waals surface area contributed by atoms with Crippen LogP contribution in [-0.2, 0) is 9.53 Å². The molecule has 3 aliphatic carbocycles. The number of carbonyl (C=O) groups excluding carboxylic acids is 1. The summed E-state index contributed by atoms with van der Waals surface area (Å²) in [6.45, 7) is 4.15. The van der Waals surface area contributed by atoms with Gasteiger partial charge in [-0.05, 0) is 79.4 Å². The molecular weight excluding hydrogens is 445 g/mol. The van der Waals surface area contributed by atoms with Crippen LogP contribution >= 0.6 is 27.3 Å². The second-order valence-corrected chi connectivity index (χ2v) is 9.53. The van der Waals surface area contributed by atoms with E-state index in [1.165, 1.54) is 11.3 Å². The van der Waals surface area contributed by atoms with Crippen molar-refractivity contribution in [3.05, 3.63) is 27.6 Å². The van der Waals surface area contributed by atoms with Crippen LogP contribution in [0.1, 0.15) is 37.5 Å². The lowest BCUT2D eigenvalue weighted by Gasteiger charge is -2.47. The van der Waals surface area contributed by atoms with E-state index in [0.29, 0.717) is 17.3 Å². The number of aryl methyl sites for hydroxylation is 1. The number of thiophene rings is 1. The summed E-state index contributed by atoms with van der Waals surface area (Å²) in [7, 11) is 0. The Kier molecular flexibility index (Phi) is 5.69. The third-order valence-corrected chi connectivity index (χ3v) is 7.24. The van der Waals surface area contributed by atoms with E-state index in [9.17, 15) is 4.79 Å². The quantitative estimate of drug-likeness (QED) is 0.483.